The van der Waals surface area contributed by atoms with Gasteiger partial charge in [-0.05, 0) is 0 Å². The van der Waals surface area contributed by atoms with Crippen molar-refractivity contribution in [3.05, 3.63) is 0 Å². The van der Waals surface area contributed by atoms with Crippen molar-refractivity contribution in [3.63, 3.8) is 0 Å². The van der Waals surface area contributed by atoms with Gasteiger partial charge in [-0.2, -0.15) is 0 Å². The van der Waals surface area contributed by atoms with Gasteiger partial charge >= 0.3 is 22.0 Å². The summed E-state index contributed by atoms with van der Waals surface area (Å²) in [4.78, 5) is 0. The summed E-state index contributed by atoms with van der Waals surface area (Å²) in [6.45, 7) is 0. The summed E-state index contributed by atoms with van der Waals surface area (Å²) in [7, 11) is -6.50. The molecule has 0 unspecified atom stereocenters. The van der Waals surface area contributed by atoms with Crippen LogP contribution in [0.1, 0.15) is 0 Å². The molecule has 0 saturated heterocycles. The Morgan fingerprint density at radius 2 is 0.385 bits per heavy atom. The minimum Gasteiger partial charge on any atom is -0.402 e. The van der Waals surface area contributed by atoms with Crippen LogP contribution in [0.5, 0.6) is 0 Å². The molecule has 0 bridgehead atoms. The number of rotatable bonds is 0. The Morgan fingerprint density at radius 3 is 0.385 bits per heavy atom. The third-order valence-corrected chi connectivity index (χ3v) is 0. The third kappa shape index (κ3) is 7240. The molecule has 0 amide bonds. The van der Waals surface area contributed by atoms with Crippen LogP contribution in [-0.4, -0.2) is 86.0 Å². The number of hydrogen-bond donors (Lipinski definition) is 9. The van der Waals surface area contributed by atoms with Gasteiger partial charge in [-0.3, -0.25) is 0 Å². The molecule has 0 aliphatic rings. The van der Waals surface area contributed by atoms with E-state index in [-0.39, 0.29) is 18.9 Å². The van der Waals surface area contributed by atoms with E-state index in [0.717, 1.165) is 0 Å². The maximum Gasteiger partial charge on any atom is 0.631 e. The van der Waals surface area contributed by atoms with Crippen LogP contribution < -0.4 is 0 Å². The Morgan fingerprint density at radius 1 is 0.385 bits per heavy atom. The van der Waals surface area contributed by atoms with E-state index in [1.165, 1.54) is 0 Å². The zero-order chi connectivity index (χ0) is 10.7. The van der Waals surface area contributed by atoms with Gasteiger partial charge < -0.3 is 45.2 Å². The van der Waals surface area contributed by atoms with Gasteiger partial charge in [-0.25, -0.2) is 0 Å². The van der Waals surface area contributed by atoms with Crippen molar-refractivity contribution in [1.29, 1.82) is 0 Å². The average Bonchev–Trinajstić information content (AvgIpc) is 1.54. The Labute approximate surface area is 86.6 Å². The molecule has 0 saturated carbocycles. The zero-order valence-electron chi connectivity index (χ0n) is 6.76. The maximum atomic E-state index is 7.17. The summed E-state index contributed by atoms with van der Waals surface area (Å²) in [6.07, 6.45) is 0. The van der Waals surface area contributed by atoms with Gasteiger partial charge in [-0.1, -0.05) is 0 Å². The third-order valence-electron chi connectivity index (χ3n) is 0. The Hall–Kier alpha value is 0.432. The number of hydrogen-bond acceptors (Lipinski definition) is 9. The summed E-state index contributed by atoms with van der Waals surface area (Å²) < 4.78 is 0. The van der Waals surface area contributed by atoms with Crippen LogP contribution >= 0.6 is 0 Å². The molecule has 0 atom stereocenters. The minimum absolute atomic E-state index is 0. The molecule has 9 N–H and O–H groups in total. The van der Waals surface area contributed by atoms with Crippen molar-refractivity contribution in [1.82, 2.24) is 0 Å². The van der Waals surface area contributed by atoms with Crippen LogP contribution in [0.4, 0.5) is 0 Å². The molecule has 9 nitrogen and oxygen atoms in total. The second kappa shape index (κ2) is 18.3. The first-order valence-electron chi connectivity index (χ1n) is 2.32. The molecule has 0 aromatic heterocycles. The smallest absolute Gasteiger partial charge is 0.402 e. The van der Waals surface area contributed by atoms with E-state index in [1.54, 1.807) is 0 Å². The van der Waals surface area contributed by atoms with Crippen molar-refractivity contribution < 1.29 is 45.2 Å². The molecule has 73 valence electrons. The van der Waals surface area contributed by atoms with Crippen LogP contribution in [0.25, 0.3) is 0 Å². The quantitative estimate of drug-likeness (QED) is 0.168. The topological polar surface area (TPSA) is 182 Å². The summed E-state index contributed by atoms with van der Waals surface area (Å²) >= 11 is 0. The first-order chi connectivity index (χ1) is 5.20. The van der Waals surface area contributed by atoms with Crippen molar-refractivity contribution in [3.8, 4) is 0 Å². The first kappa shape index (κ1) is 23.3. The predicted octanol–water partition coefficient (Wildman–Crippen LogP) is -6.54. The van der Waals surface area contributed by atoms with Crippen LogP contribution in [0.15, 0.2) is 0 Å². The summed E-state index contributed by atoms with van der Waals surface area (Å²) in [6, 6.07) is 0. The van der Waals surface area contributed by atoms with E-state index in [2.05, 4.69) is 0 Å². The van der Waals surface area contributed by atoms with Gasteiger partial charge in [-0.15, -0.1) is 0 Å². The van der Waals surface area contributed by atoms with Crippen LogP contribution in [0, 0.1) is 0 Å². The van der Waals surface area contributed by atoms with Gasteiger partial charge in [0, 0.05) is 18.9 Å². The molecular weight excluding hydrogens is 183 g/mol. The van der Waals surface area contributed by atoms with Crippen LogP contribution in [0.3, 0.4) is 0 Å². The van der Waals surface area contributed by atoms with E-state index in [9.17, 15) is 0 Å². The molecule has 0 aliphatic heterocycles. The summed E-state index contributed by atoms with van der Waals surface area (Å²) in [5, 5.41) is 64.5. The van der Waals surface area contributed by atoms with Crippen molar-refractivity contribution >= 4 is 40.8 Å². The molecule has 0 heterocycles. The van der Waals surface area contributed by atoms with Crippen molar-refractivity contribution in [2.75, 3.05) is 0 Å². The van der Waals surface area contributed by atoms with E-state index in [4.69, 9.17) is 45.2 Å². The van der Waals surface area contributed by atoms with Gasteiger partial charge in [0.15, 0.2) is 0 Å². The molecule has 0 aromatic carbocycles. The monoisotopic (exact) mass is 193 g/mol. The minimum atomic E-state index is -2.17. The average molecular weight is 192 g/mol. The zero-order valence-corrected chi connectivity index (χ0v) is 6.76. The van der Waals surface area contributed by atoms with E-state index in [1.807, 2.05) is 0 Å². The van der Waals surface area contributed by atoms with E-state index in [0.29, 0.717) is 0 Å². The second-order valence-electron chi connectivity index (χ2n) is 1.04. The Kier molecular flexibility index (Phi) is 32.8. The predicted molar refractivity (Wildman–Crippen MR) is 43.0 cm³/mol. The summed E-state index contributed by atoms with van der Waals surface area (Å²) in [5.74, 6) is 0. The van der Waals surface area contributed by atoms with Gasteiger partial charge in [0.25, 0.3) is 0 Å². The molecule has 0 fully saturated rings. The molecule has 13 heavy (non-hydrogen) atoms. The fourth-order valence-electron chi connectivity index (χ4n) is 0. The normalized spacial score (nSPS) is 6.23. The fraction of sp³-hybridized carbons (Fsp3) is 0. The molecule has 0 spiro atoms. The van der Waals surface area contributed by atoms with Crippen LogP contribution in [-0.2, 0) is 0 Å². The standard InChI is InChI=1S/3BH3O3.Li/c3*2-1(3)4;/h3*2-4H;. The molecule has 0 aliphatic carbocycles. The van der Waals surface area contributed by atoms with E-state index < -0.39 is 22.0 Å². The Balaban J connectivity index is -0.0000000450. The van der Waals surface area contributed by atoms with Gasteiger partial charge in [0.05, 0.1) is 0 Å². The van der Waals surface area contributed by atoms with E-state index >= 15 is 0 Å². The first-order valence-corrected chi connectivity index (χ1v) is 2.32. The molecule has 1 radical (unpaired) electrons. The van der Waals surface area contributed by atoms with Gasteiger partial charge in [0.2, 0.25) is 0 Å². The molecule has 0 aromatic rings. The van der Waals surface area contributed by atoms with Crippen molar-refractivity contribution in [2.24, 2.45) is 0 Å². The fourth-order valence-corrected chi connectivity index (χ4v) is 0. The second-order valence-corrected chi connectivity index (χ2v) is 1.04. The largest absolute Gasteiger partial charge is 0.631 e. The molecular formula is H9B3LiO9. The summed E-state index contributed by atoms with van der Waals surface area (Å²) in [5.41, 5.74) is 0. The maximum absolute atomic E-state index is 7.17. The van der Waals surface area contributed by atoms with Gasteiger partial charge in [0.1, 0.15) is 0 Å². The molecule has 13 heteroatoms. The SMILES string of the molecule is OB(O)O.OB(O)O.OB(O)O.[Li]. The van der Waals surface area contributed by atoms with Crippen molar-refractivity contribution in [2.45, 2.75) is 0 Å². The molecule has 0 rings (SSSR count). The Bertz CT molecular complexity index is 43.4. The van der Waals surface area contributed by atoms with Crippen LogP contribution in [0.2, 0.25) is 0 Å².